The Kier molecular flexibility index (Phi) is 9.21. The Morgan fingerprint density at radius 2 is 1.50 bits per heavy atom. The molecule has 2 aromatic carbocycles. The van der Waals surface area contributed by atoms with E-state index in [9.17, 15) is 26.3 Å². The first-order chi connectivity index (χ1) is 15.9. The van der Waals surface area contributed by atoms with Crippen LogP contribution in [0, 0.1) is 0 Å². The minimum atomic E-state index is -5.81. The lowest BCUT2D eigenvalue weighted by atomic mass is 9.89. The zero-order valence-corrected chi connectivity index (χ0v) is 18.8. The zero-order chi connectivity index (χ0) is 25.6. The van der Waals surface area contributed by atoms with E-state index in [0.29, 0.717) is 30.2 Å². The molecule has 0 atom stereocenters. The summed E-state index contributed by atoms with van der Waals surface area (Å²) in [5, 5.41) is 9.13. The van der Waals surface area contributed by atoms with Crippen LogP contribution in [-0.2, 0) is 27.9 Å². The van der Waals surface area contributed by atoms with Gasteiger partial charge in [0, 0.05) is 25.3 Å². The van der Waals surface area contributed by atoms with Crippen LogP contribution in [0.25, 0.3) is 0 Å². The molecule has 5 nitrogen and oxygen atoms in total. The smallest absolute Gasteiger partial charge is 0.430 e. The minimum absolute atomic E-state index is 0.0903. The van der Waals surface area contributed by atoms with E-state index < -0.39 is 30.3 Å². The molecule has 0 bridgehead atoms. The van der Waals surface area contributed by atoms with Crippen LogP contribution in [0.4, 0.5) is 26.3 Å². The maximum atomic E-state index is 13.9. The van der Waals surface area contributed by atoms with Crippen molar-refractivity contribution < 1.29 is 50.4 Å². The summed E-state index contributed by atoms with van der Waals surface area (Å²) in [7, 11) is 2.35. The van der Waals surface area contributed by atoms with Gasteiger partial charge in [0.15, 0.2) is 0 Å². The van der Waals surface area contributed by atoms with Crippen molar-refractivity contribution in [3.05, 3.63) is 53.1 Å². The van der Waals surface area contributed by atoms with Crippen molar-refractivity contribution in [1.29, 1.82) is 0 Å². The van der Waals surface area contributed by atoms with E-state index in [1.54, 1.807) is 19.1 Å². The molecule has 0 amide bonds. The van der Waals surface area contributed by atoms with E-state index in [1.165, 1.54) is 13.2 Å². The van der Waals surface area contributed by atoms with E-state index in [0.717, 1.165) is 19.2 Å². The average Bonchev–Trinajstić information content (AvgIpc) is 2.75. The van der Waals surface area contributed by atoms with Gasteiger partial charge in [-0.25, -0.2) is 0 Å². The molecule has 190 valence electrons. The van der Waals surface area contributed by atoms with Crippen LogP contribution in [-0.4, -0.2) is 45.1 Å². The first-order valence-electron chi connectivity index (χ1n) is 10.3. The molecule has 0 fully saturated rings. The third-order valence-electron chi connectivity index (χ3n) is 5.05. The van der Waals surface area contributed by atoms with Crippen molar-refractivity contribution in [2.75, 3.05) is 27.6 Å². The Bertz CT molecular complexity index is 928. The number of hydrogen-bond donors (Lipinski definition) is 1. The molecule has 34 heavy (non-hydrogen) atoms. The Morgan fingerprint density at radius 1 is 0.824 bits per heavy atom. The Hall–Kier alpha value is -2.50. The Morgan fingerprint density at radius 3 is 2.03 bits per heavy atom. The topological polar surface area (TPSA) is 57.2 Å². The number of halogens is 6. The SMILES string of the molecule is CCCc1cc(C(OCOC)(C(F)(F)F)C(F)(F)F)ccc1Oc1ccc(CCO)c(OC)c1. The van der Waals surface area contributed by atoms with Crippen molar-refractivity contribution in [3.8, 4) is 17.2 Å². The van der Waals surface area contributed by atoms with Crippen molar-refractivity contribution in [3.63, 3.8) is 0 Å². The highest BCUT2D eigenvalue weighted by Crippen LogP contribution is 2.53. The fourth-order valence-corrected chi connectivity index (χ4v) is 3.49. The number of aryl methyl sites for hydroxylation is 1. The second-order valence-corrected chi connectivity index (χ2v) is 7.35. The normalized spacial score (nSPS) is 12.6. The van der Waals surface area contributed by atoms with Crippen molar-refractivity contribution in [2.24, 2.45) is 0 Å². The molecule has 0 radical (unpaired) electrons. The van der Waals surface area contributed by atoms with Crippen LogP contribution in [0.2, 0.25) is 0 Å². The Labute approximate surface area is 193 Å². The molecule has 0 aliphatic carbocycles. The molecule has 0 saturated heterocycles. The van der Waals surface area contributed by atoms with E-state index in [4.69, 9.17) is 14.6 Å². The molecule has 0 saturated carbocycles. The van der Waals surface area contributed by atoms with Gasteiger partial charge in [-0.15, -0.1) is 0 Å². The minimum Gasteiger partial charge on any atom is -0.496 e. The number of aliphatic hydroxyl groups is 1. The quantitative estimate of drug-likeness (QED) is 0.309. The van der Waals surface area contributed by atoms with E-state index in [1.807, 2.05) is 0 Å². The van der Waals surface area contributed by atoms with Crippen LogP contribution in [0.1, 0.15) is 30.0 Å². The van der Waals surface area contributed by atoms with Gasteiger partial charge in [0.1, 0.15) is 24.0 Å². The monoisotopic (exact) mass is 496 g/mol. The molecular weight excluding hydrogens is 470 g/mol. The lowest BCUT2D eigenvalue weighted by Gasteiger charge is -2.37. The summed E-state index contributed by atoms with van der Waals surface area (Å²) >= 11 is 0. The maximum Gasteiger partial charge on any atom is 0.430 e. The van der Waals surface area contributed by atoms with E-state index in [2.05, 4.69) is 9.47 Å². The number of methoxy groups -OCH3 is 2. The first-order valence-corrected chi connectivity index (χ1v) is 10.3. The number of rotatable bonds is 11. The van der Waals surface area contributed by atoms with E-state index in [-0.39, 0.29) is 30.1 Å². The summed E-state index contributed by atoms with van der Waals surface area (Å²) in [5.74, 6) is 0.770. The van der Waals surface area contributed by atoms with Gasteiger partial charge in [0.05, 0.1) is 7.11 Å². The number of hydrogen-bond acceptors (Lipinski definition) is 5. The summed E-state index contributed by atoms with van der Waals surface area (Å²) in [6.45, 7) is 0.399. The molecule has 0 aliphatic rings. The fraction of sp³-hybridized carbons (Fsp3) is 0.478. The number of aliphatic hydroxyl groups excluding tert-OH is 1. The van der Waals surface area contributed by atoms with Crippen LogP contribution in [0.3, 0.4) is 0 Å². The van der Waals surface area contributed by atoms with Gasteiger partial charge in [-0.05, 0) is 42.2 Å². The van der Waals surface area contributed by atoms with Crippen LogP contribution >= 0.6 is 0 Å². The van der Waals surface area contributed by atoms with Gasteiger partial charge < -0.3 is 24.1 Å². The van der Waals surface area contributed by atoms with Gasteiger partial charge >= 0.3 is 12.4 Å². The lowest BCUT2D eigenvalue weighted by Crippen LogP contribution is -2.56. The summed E-state index contributed by atoms with van der Waals surface area (Å²) in [5.41, 5.74) is -4.86. The number of benzene rings is 2. The standard InChI is InChI=1S/C23H26F6O5/c1-4-5-16-12-17(21(22(24,25)26,23(27,28)29)33-14-31-2)7-9-19(16)34-18-8-6-15(10-11-30)20(13-18)32-3/h6-9,12-13,30H,4-5,10-11,14H2,1-3H3. The average molecular weight is 496 g/mol. The molecule has 0 aromatic heterocycles. The largest absolute Gasteiger partial charge is 0.496 e. The van der Waals surface area contributed by atoms with E-state index >= 15 is 0 Å². The van der Waals surface area contributed by atoms with Crippen LogP contribution in [0.15, 0.2) is 36.4 Å². The second-order valence-electron chi connectivity index (χ2n) is 7.35. The van der Waals surface area contributed by atoms with Gasteiger partial charge in [0.25, 0.3) is 5.60 Å². The van der Waals surface area contributed by atoms with Crippen LogP contribution < -0.4 is 9.47 Å². The molecule has 11 heteroatoms. The van der Waals surface area contributed by atoms with Crippen molar-refractivity contribution in [2.45, 2.75) is 44.1 Å². The summed E-state index contributed by atoms with van der Waals surface area (Å²) in [4.78, 5) is 0. The Balaban J connectivity index is 2.57. The van der Waals surface area contributed by atoms with Crippen molar-refractivity contribution in [1.82, 2.24) is 0 Å². The highest BCUT2D eigenvalue weighted by Gasteiger charge is 2.73. The molecule has 0 heterocycles. The summed E-state index contributed by atoms with van der Waals surface area (Å²) < 4.78 is 103. The maximum absolute atomic E-state index is 13.9. The lowest BCUT2D eigenvalue weighted by molar-refractivity contribution is -0.400. The highest BCUT2D eigenvalue weighted by molar-refractivity contribution is 5.46. The molecule has 0 spiro atoms. The van der Waals surface area contributed by atoms with Gasteiger partial charge in [-0.1, -0.05) is 25.5 Å². The van der Waals surface area contributed by atoms with Gasteiger partial charge in [-0.3, -0.25) is 0 Å². The van der Waals surface area contributed by atoms with Crippen molar-refractivity contribution >= 4 is 0 Å². The number of alkyl halides is 6. The zero-order valence-electron chi connectivity index (χ0n) is 18.8. The molecule has 0 unspecified atom stereocenters. The molecule has 2 aromatic rings. The van der Waals surface area contributed by atoms with Crippen LogP contribution in [0.5, 0.6) is 17.2 Å². The second kappa shape index (κ2) is 11.3. The predicted octanol–water partition coefficient (Wildman–Crippen LogP) is 5.92. The predicted molar refractivity (Wildman–Crippen MR) is 111 cm³/mol. The fourth-order valence-electron chi connectivity index (χ4n) is 3.49. The molecule has 2 rings (SSSR count). The first kappa shape index (κ1) is 27.7. The van der Waals surface area contributed by atoms with Gasteiger partial charge in [0.2, 0.25) is 0 Å². The third kappa shape index (κ3) is 5.76. The summed E-state index contributed by atoms with van der Waals surface area (Å²) in [6.07, 6.45) is -10.7. The number of ether oxygens (including phenoxy) is 4. The third-order valence-corrected chi connectivity index (χ3v) is 5.05. The highest BCUT2D eigenvalue weighted by atomic mass is 19.4. The molecule has 0 aliphatic heterocycles. The summed E-state index contributed by atoms with van der Waals surface area (Å²) in [6, 6.07) is 7.27. The molecule has 1 N–H and O–H groups in total. The van der Waals surface area contributed by atoms with Gasteiger partial charge in [-0.2, -0.15) is 26.3 Å². The molecular formula is C23H26F6O5.